The molecule has 114 valence electrons. The van der Waals surface area contributed by atoms with Crippen LogP contribution >= 0.6 is 31.9 Å². The molecule has 0 fully saturated rings. The van der Waals surface area contributed by atoms with Crippen LogP contribution in [0.5, 0.6) is 0 Å². The third-order valence-electron chi connectivity index (χ3n) is 3.06. The van der Waals surface area contributed by atoms with Gasteiger partial charge in [0.05, 0.1) is 5.71 Å². The van der Waals surface area contributed by atoms with E-state index in [0.29, 0.717) is 5.56 Å². The maximum atomic E-state index is 12.1. The van der Waals surface area contributed by atoms with Gasteiger partial charge in [0.2, 0.25) is 0 Å². The summed E-state index contributed by atoms with van der Waals surface area (Å²) in [4.78, 5) is 12.1. The van der Waals surface area contributed by atoms with Gasteiger partial charge in [-0.2, -0.15) is 5.10 Å². The van der Waals surface area contributed by atoms with Crippen molar-refractivity contribution in [2.45, 2.75) is 19.8 Å². The second-order valence-corrected chi connectivity index (χ2v) is 6.59. The molecule has 1 amide bonds. The molecule has 0 bridgehead atoms. The van der Waals surface area contributed by atoms with Gasteiger partial charge in [0.15, 0.2) is 0 Å². The van der Waals surface area contributed by atoms with Crippen molar-refractivity contribution in [3.05, 3.63) is 68.6 Å². The number of hydrazone groups is 1. The Bertz CT molecular complexity index is 664. The standard InChI is InChI=1S/C17H16Br2N2O/c1-2-3-16(12-4-8-14(18)9-5-12)20-21-17(22)13-6-10-15(19)11-7-13/h4-11H,2-3H2,1H3,(H,21,22)/b20-16-. The number of nitrogens with zero attached hydrogens (tertiary/aromatic N) is 1. The van der Waals surface area contributed by atoms with Gasteiger partial charge in [0.25, 0.3) is 5.91 Å². The summed E-state index contributed by atoms with van der Waals surface area (Å²) in [7, 11) is 0. The molecule has 2 rings (SSSR count). The Morgan fingerprint density at radius 3 is 1.95 bits per heavy atom. The molecule has 0 radical (unpaired) electrons. The van der Waals surface area contributed by atoms with Crippen molar-refractivity contribution in [1.29, 1.82) is 0 Å². The van der Waals surface area contributed by atoms with Crippen LogP contribution in [0.2, 0.25) is 0 Å². The summed E-state index contributed by atoms with van der Waals surface area (Å²) in [5.41, 5.74) is 5.11. The zero-order valence-electron chi connectivity index (χ0n) is 12.1. The lowest BCUT2D eigenvalue weighted by atomic mass is 10.1. The number of carbonyl (C=O) groups excluding carboxylic acids is 1. The van der Waals surface area contributed by atoms with Crippen LogP contribution in [0.3, 0.4) is 0 Å². The second-order valence-electron chi connectivity index (χ2n) is 4.76. The first-order valence-corrected chi connectivity index (χ1v) is 8.57. The number of amides is 1. The van der Waals surface area contributed by atoms with E-state index in [4.69, 9.17) is 0 Å². The number of carbonyl (C=O) groups is 1. The maximum absolute atomic E-state index is 12.1. The van der Waals surface area contributed by atoms with Crippen molar-refractivity contribution in [3.63, 3.8) is 0 Å². The smallest absolute Gasteiger partial charge is 0.267 e. The number of hydrogen-bond acceptors (Lipinski definition) is 2. The number of hydrogen-bond donors (Lipinski definition) is 1. The van der Waals surface area contributed by atoms with E-state index in [1.807, 2.05) is 36.4 Å². The summed E-state index contributed by atoms with van der Waals surface area (Å²) in [6, 6.07) is 15.1. The normalized spacial score (nSPS) is 11.3. The highest BCUT2D eigenvalue weighted by Gasteiger charge is 2.07. The topological polar surface area (TPSA) is 41.5 Å². The van der Waals surface area contributed by atoms with E-state index in [1.165, 1.54) is 0 Å². The highest BCUT2D eigenvalue weighted by atomic mass is 79.9. The van der Waals surface area contributed by atoms with Gasteiger partial charge in [-0.1, -0.05) is 57.3 Å². The lowest BCUT2D eigenvalue weighted by Gasteiger charge is -2.07. The van der Waals surface area contributed by atoms with Gasteiger partial charge >= 0.3 is 0 Å². The Labute approximate surface area is 147 Å². The van der Waals surface area contributed by atoms with Crippen LogP contribution < -0.4 is 5.43 Å². The van der Waals surface area contributed by atoms with E-state index >= 15 is 0 Å². The lowest BCUT2D eigenvalue weighted by Crippen LogP contribution is -2.20. The molecule has 0 aliphatic heterocycles. The summed E-state index contributed by atoms with van der Waals surface area (Å²) in [5.74, 6) is -0.210. The SMILES string of the molecule is CCC/C(=N/NC(=O)c1ccc(Br)cc1)c1ccc(Br)cc1. The maximum Gasteiger partial charge on any atom is 0.271 e. The lowest BCUT2D eigenvalue weighted by molar-refractivity contribution is 0.0955. The molecule has 0 atom stereocenters. The fourth-order valence-corrected chi connectivity index (χ4v) is 2.46. The van der Waals surface area contributed by atoms with Crippen molar-refractivity contribution in [3.8, 4) is 0 Å². The van der Waals surface area contributed by atoms with E-state index in [2.05, 4.69) is 49.3 Å². The molecule has 2 aromatic carbocycles. The Morgan fingerprint density at radius 1 is 0.955 bits per heavy atom. The molecule has 0 heterocycles. The van der Waals surface area contributed by atoms with Gasteiger partial charge in [-0.3, -0.25) is 4.79 Å². The van der Waals surface area contributed by atoms with Crippen LogP contribution in [0.15, 0.2) is 62.6 Å². The van der Waals surface area contributed by atoms with Crippen LogP contribution in [0.1, 0.15) is 35.7 Å². The summed E-state index contributed by atoms with van der Waals surface area (Å²) < 4.78 is 1.96. The van der Waals surface area contributed by atoms with E-state index in [0.717, 1.165) is 33.1 Å². The molecule has 5 heteroatoms. The first kappa shape index (κ1) is 16.9. The van der Waals surface area contributed by atoms with Gasteiger partial charge in [0.1, 0.15) is 0 Å². The molecule has 0 saturated carbocycles. The molecule has 3 nitrogen and oxygen atoms in total. The minimum Gasteiger partial charge on any atom is -0.267 e. The Morgan fingerprint density at radius 2 is 1.45 bits per heavy atom. The number of nitrogens with one attached hydrogen (secondary N) is 1. The van der Waals surface area contributed by atoms with E-state index in [1.54, 1.807) is 12.1 Å². The van der Waals surface area contributed by atoms with Crippen molar-refractivity contribution in [1.82, 2.24) is 5.43 Å². The molecule has 1 N–H and O–H groups in total. The van der Waals surface area contributed by atoms with Gasteiger partial charge in [0, 0.05) is 14.5 Å². The second kappa shape index (κ2) is 8.25. The number of benzene rings is 2. The fourth-order valence-electron chi connectivity index (χ4n) is 1.93. The molecule has 0 unspecified atom stereocenters. The third kappa shape index (κ3) is 4.78. The molecule has 0 spiro atoms. The zero-order chi connectivity index (χ0) is 15.9. The van der Waals surface area contributed by atoms with E-state index in [9.17, 15) is 4.79 Å². The average molecular weight is 424 g/mol. The highest BCUT2D eigenvalue weighted by Crippen LogP contribution is 2.14. The molecule has 22 heavy (non-hydrogen) atoms. The van der Waals surface area contributed by atoms with E-state index in [-0.39, 0.29) is 5.91 Å². The molecular weight excluding hydrogens is 408 g/mol. The predicted octanol–water partition coefficient (Wildman–Crippen LogP) is 5.15. The first-order chi connectivity index (χ1) is 10.6. The van der Waals surface area contributed by atoms with Crippen LogP contribution in [-0.4, -0.2) is 11.6 Å². The Hall–Kier alpha value is -1.46. The van der Waals surface area contributed by atoms with E-state index < -0.39 is 0 Å². The average Bonchev–Trinajstić information content (AvgIpc) is 2.53. The molecular formula is C17H16Br2N2O. The number of halogens is 2. The van der Waals surface area contributed by atoms with Gasteiger partial charge < -0.3 is 0 Å². The number of rotatable bonds is 5. The van der Waals surface area contributed by atoms with Crippen molar-refractivity contribution in [2.24, 2.45) is 5.10 Å². The first-order valence-electron chi connectivity index (χ1n) is 6.98. The van der Waals surface area contributed by atoms with Gasteiger partial charge in [-0.05, 0) is 48.4 Å². The highest BCUT2D eigenvalue weighted by molar-refractivity contribution is 9.10. The summed E-state index contributed by atoms with van der Waals surface area (Å²) in [6.07, 6.45) is 1.77. The third-order valence-corrected chi connectivity index (χ3v) is 4.12. The molecule has 0 saturated heterocycles. The van der Waals surface area contributed by atoms with Crippen molar-refractivity contribution >= 4 is 43.5 Å². The van der Waals surface area contributed by atoms with Crippen molar-refractivity contribution in [2.75, 3.05) is 0 Å². The van der Waals surface area contributed by atoms with Crippen LogP contribution in [0.4, 0.5) is 0 Å². The molecule has 0 aliphatic carbocycles. The Balaban J connectivity index is 2.14. The zero-order valence-corrected chi connectivity index (χ0v) is 15.3. The fraction of sp³-hybridized carbons (Fsp3) is 0.176. The van der Waals surface area contributed by atoms with Crippen LogP contribution in [0.25, 0.3) is 0 Å². The largest absolute Gasteiger partial charge is 0.271 e. The van der Waals surface area contributed by atoms with Crippen LogP contribution in [0, 0.1) is 0 Å². The summed E-state index contributed by atoms with van der Waals surface area (Å²) in [6.45, 7) is 2.09. The minimum atomic E-state index is -0.210. The quantitative estimate of drug-likeness (QED) is 0.524. The van der Waals surface area contributed by atoms with Gasteiger partial charge in [-0.15, -0.1) is 0 Å². The molecule has 0 aliphatic rings. The molecule has 2 aromatic rings. The summed E-state index contributed by atoms with van der Waals surface area (Å²) >= 11 is 6.77. The summed E-state index contributed by atoms with van der Waals surface area (Å²) in [5, 5.41) is 4.30. The van der Waals surface area contributed by atoms with Gasteiger partial charge in [-0.25, -0.2) is 5.43 Å². The monoisotopic (exact) mass is 422 g/mol. The van der Waals surface area contributed by atoms with Crippen molar-refractivity contribution < 1.29 is 4.79 Å². The molecule has 0 aromatic heterocycles. The van der Waals surface area contributed by atoms with Crippen LogP contribution in [-0.2, 0) is 0 Å². The predicted molar refractivity (Wildman–Crippen MR) is 97.2 cm³/mol. The Kier molecular flexibility index (Phi) is 6.34. The minimum absolute atomic E-state index is 0.210.